The first-order valence-electron chi connectivity index (χ1n) is 6.26. The van der Waals surface area contributed by atoms with Crippen LogP contribution in [0.4, 0.5) is 23.2 Å². The average molecular weight is 309 g/mol. The summed E-state index contributed by atoms with van der Waals surface area (Å²) in [4.78, 5) is 11.6. The van der Waals surface area contributed by atoms with Crippen LogP contribution in [0.2, 0.25) is 0 Å². The second kappa shape index (κ2) is 6.43. The molecule has 0 bridgehead atoms. The maximum absolute atomic E-state index is 12.9. The number of benzene rings is 2. The van der Waals surface area contributed by atoms with Crippen LogP contribution in [0.1, 0.15) is 11.1 Å². The van der Waals surface area contributed by atoms with Crippen molar-refractivity contribution in [1.82, 2.24) is 0 Å². The van der Waals surface area contributed by atoms with E-state index in [1.807, 2.05) is 0 Å². The molecule has 0 aromatic heterocycles. The van der Waals surface area contributed by atoms with Gasteiger partial charge in [0.25, 0.3) is 0 Å². The summed E-state index contributed by atoms with van der Waals surface area (Å²) in [5, 5.41) is 2.41. The molecule has 0 saturated carbocycles. The second-order valence-electron chi connectivity index (χ2n) is 4.46. The molecule has 6 heteroatoms. The van der Waals surface area contributed by atoms with Crippen molar-refractivity contribution >= 4 is 17.7 Å². The highest BCUT2D eigenvalue weighted by Crippen LogP contribution is 2.29. The Labute approximate surface area is 124 Å². The largest absolute Gasteiger partial charge is 0.416 e. The van der Waals surface area contributed by atoms with Gasteiger partial charge in [0.1, 0.15) is 5.82 Å². The quantitative estimate of drug-likeness (QED) is 0.656. The number of anilines is 1. The average Bonchev–Trinajstić information content (AvgIpc) is 2.45. The monoisotopic (exact) mass is 309 g/mol. The molecule has 1 N–H and O–H groups in total. The number of amides is 1. The molecule has 0 spiro atoms. The Morgan fingerprint density at radius 3 is 2.45 bits per heavy atom. The third kappa shape index (κ3) is 4.44. The minimum Gasteiger partial charge on any atom is -0.322 e. The number of carbonyl (C=O) groups is 1. The number of halogens is 4. The number of hydrogen-bond donors (Lipinski definition) is 1. The van der Waals surface area contributed by atoms with Gasteiger partial charge >= 0.3 is 6.18 Å². The Morgan fingerprint density at radius 2 is 1.77 bits per heavy atom. The van der Waals surface area contributed by atoms with Crippen molar-refractivity contribution in [3.63, 3.8) is 0 Å². The van der Waals surface area contributed by atoms with Crippen molar-refractivity contribution in [2.24, 2.45) is 0 Å². The van der Waals surface area contributed by atoms with Gasteiger partial charge in [-0.3, -0.25) is 4.79 Å². The van der Waals surface area contributed by atoms with E-state index in [4.69, 9.17) is 0 Å². The lowest BCUT2D eigenvalue weighted by molar-refractivity contribution is -0.137. The molecule has 0 heterocycles. The van der Waals surface area contributed by atoms with Crippen LogP contribution in [0.15, 0.2) is 54.6 Å². The summed E-state index contributed by atoms with van der Waals surface area (Å²) in [7, 11) is 0. The zero-order valence-corrected chi connectivity index (χ0v) is 11.2. The molecule has 0 saturated heterocycles. The van der Waals surface area contributed by atoms with Crippen LogP contribution >= 0.6 is 0 Å². The summed E-state index contributed by atoms with van der Waals surface area (Å²) in [5.41, 5.74) is -0.289. The molecule has 0 aliphatic rings. The lowest BCUT2D eigenvalue weighted by Crippen LogP contribution is -2.08. The molecule has 0 aliphatic carbocycles. The van der Waals surface area contributed by atoms with Crippen molar-refractivity contribution in [2.75, 3.05) is 5.32 Å². The van der Waals surface area contributed by atoms with Crippen molar-refractivity contribution < 1.29 is 22.4 Å². The normalized spacial score (nSPS) is 11.6. The zero-order valence-electron chi connectivity index (χ0n) is 11.2. The maximum Gasteiger partial charge on any atom is 0.416 e. The van der Waals surface area contributed by atoms with Crippen LogP contribution in [-0.2, 0) is 11.0 Å². The molecule has 0 atom stereocenters. The van der Waals surface area contributed by atoms with Crippen molar-refractivity contribution in [2.45, 2.75) is 6.18 Å². The van der Waals surface area contributed by atoms with Gasteiger partial charge in [0.05, 0.1) is 5.56 Å². The highest BCUT2D eigenvalue weighted by atomic mass is 19.4. The van der Waals surface area contributed by atoms with Gasteiger partial charge in [-0.05, 0) is 42.0 Å². The molecule has 2 rings (SSSR count). The first-order chi connectivity index (χ1) is 10.3. The van der Waals surface area contributed by atoms with E-state index in [0.29, 0.717) is 0 Å². The lowest BCUT2D eigenvalue weighted by Gasteiger charge is -2.06. The van der Waals surface area contributed by atoms with Gasteiger partial charge in [0, 0.05) is 11.8 Å². The van der Waals surface area contributed by atoms with E-state index in [0.717, 1.165) is 24.3 Å². The summed E-state index contributed by atoms with van der Waals surface area (Å²) >= 11 is 0. The molecule has 2 aromatic carbocycles. The number of carbonyl (C=O) groups excluding carboxylic acids is 1. The van der Waals surface area contributed by atoms with Crippen molar-refractivity contribution in [3.05, 3.63) is 71.6 Å². The van der Waals surface area contributed by atoms with Gasteiger partial charge in [-0.1, -0.05) is 18.2 Å². The molecule has 22 heavy (non-hydrogen) atoms. The molecule has 0 fully saturated rings. The Balaban J connectivity index is 2.07. The van der Waals surface area contributed by atoms with Gasteiger partial charge in [0.15, 0.2) is 0 Å². The molecule has 2 nitrogen and oxygen atoms in total. The Morgan fingerprint density at radius 1 is 1.05 bits per heavy atom. The highest BCUT2D eigenvalue weighted by molar-refractivity contribution is 6.01. The Hall–Kier alpha value is -2.63. The predicted octanol–water partition coefficient (Wildman–Crippen LogP) is 4.50. The zero-order chi connectivity index (χ0) is 16.2. The number of alkyl halides is 3. The summed E-state index contributed by atoms with van der Waals surface area (Å²) in [6.07, 6.45) is -2.10. The van der Waals surface area contributed by atoms with Crippen LogP contribution in [0.3, 0.4) is 0 Å². The summed E-state index contributed by atoms with van der Waals surface area (Å²) in [6.45, 7) is 0. The first-order valence-corrected chi connectivity index (χ1v) is 6.26. The molecule has 1 amide bonds. The van der Waals surface area contributed by atoms with Gasteiger partial charge in [-0.2, -0.15) is 13.2 Å². The van der Waals surface area contributed by atoms with Gasteiger partial charge in [0.2, 0.25) is 5.91 Å². The highest BCUT2D eigenvalue weighted by Gasteiger charge is 2.30. The third-order valence-electron chi connectivity index (χ3n) is 2.73. The predicted molar refractivity (Wildman–Crippen MR) is 75.5 cm³/mol. The molecular formula is C16H11F4NO. The van der Waals surface area contributed by atoms with Crippen molar-refractivity contribution in [1.29, 1.82) is 0 Å². The molecular weight excluding hydrogens is 298 g/mol. The summed E-state index contributed by atoms with van der Waals surface area (Å²) in [6, 6.07) is 9.88. The van der Waals surface area contributed by atoms with Crippen LogP contribution < -0.4 is 5.32 Å². The number of hydrogen-bond acceptors (Lipinski definition) is 1. The van der Waals surface area contributed by atoms with E-state index < -0.39 is 23.5 Å². The molecule has 2 aromatic rings. The van der Waals surface area contributed by atoms with Gasteiger partial charge in [-0.25, -0.2) is 4.39 Å². The second-order valence-corrected chi connectivity index (χ2v) is 4.46. The Bertz CT molecular complexity index is 707. The van der Waals surface area contributed by atoms with E-state index in [1.54, 1.807) is 0 Å². The third-order valence-corrected chi connectivity index (χ3v) is 2.73. The molecule has 0 aliphatic heterocycles. The summed E-state index contributed by atoms with van der Waals surface area (Å²) < 4.78 is 50.6. The van der Waals surface area contributed by atoms with E-state index in [2.05, 4.69) is 5.32 Å². The van der Waals surface area contributed by atoms with E-state index in [-0.39, 0.29) is 11.3 Å². The van der Waals surface area contributed by atoms with Crippen LogP contribution in [0.25, 0.3) is 6.08 Å². The fourth-order valence-corrected chi connectivity index (χ4v) is 1.74. The minimum atomic E-state index is -4.44. The standard InChI is InChI=1S/C16H11F4NO/c17-13-5-2-6-14(10-13)21-15(22)8-7-11-3-1-4-12(9-11)16(18,19)20/h1-10H,(H,21,22)/b8-7+. The summed E-state index contributed by atoms with van der Waals surface area (Å²) in [5.74, 6) is -1.07. The van der Waals surface area contributed by atoms with Crippen molar-refractivity contribution in [3.8, 4) is 0 Å². The van der Waals surface area contributed by atoms with E-state index in [1.165, 1.54) is 36.4 Å². The first kappa shape index (κ1) is 15.8. The topological polar surface area (TPSA) is 29.1 Å². The molecule has 0 radical (unpaired) electrons. The van der Waals surface area contributed by atoms with Crippen LogP contribution in [0.5, 0.6) is 0 Å². The molecule has 114 valence electrons. The maximum atomic E-state index is 12.9. The lowest BCUT2D eigenvalue weighted by atomic mass is 10.1. The fourth-order valence-electron chi connectivity index (χ4n) is 1.74. The SMILES string of the molecule is O=C(/C=C/c1cccc(C(F)(F)F)c1)Nc1cccc(F)c1. The minimum absolute atomic E-state index is 0.240. The van der Waals surface area contributed by atoms with Gasteiger partial charge in [-0.15, -0.1) is 0 Å². The van der Waals surface area contributed by atoms with Crippen LogP contribution in [0, 0.1) is 5.82 Å². The van der Waals surface area contributed by atoms with E-state index >= 15 is 0 Å². The number of rotatable bonds is 3. The number of nitrogens with one attached hydrogen (secondary N) is 1. The van der Waals surface area contributed by atoms with E-state index in [9.17, 15) is 22.4 Å². The Kier molecular flexibility index (Phi) is 4.60. The van der Waals surface area contributed by atoms with Gasteiger partial charge < -0.3 is 5.32 Å². The fraction of sp³-hybridized carbons (Fsp3) is 0.0625. The molecule has 0 unspecified atom stereocenters. The smallest absolute Gasteiger partial charge is 0.322 e. The van der Waals surface area contributed by atoms with Crippen LogP contribution in [-0.4, -0.2) is 5.91 Å².